The highest BCUT2D eigenvalue weighted by atomic mass is 79.9. The first kappa shape index (κ1) is 9.69. The van der Waals surface area contributed by atoms with Crippen LogP contribution in [-0.4, -0.2) is 6.54 Å². The van der Waals surface area contributed by atoms with Crippen molar-refractivity contribution in [3.63, 3.8) is 0 Å². The normalized spacial score (nSPS) is 28.2. The van der Waals surface area contributed by atoms with Gasteiger partial charge in [0.05, 0.1) is 0 Å². The van der Waals surface area contributed by atoms with E-state index in [1.807, 2.05) is 11.3 Å². The topological polar surface area (TPSA) is 26.0 Å². The minimum atomic E-state index is 0.718. The third-order valence-corrected chi connectivity index (χ3v) is 4.95. The Morgan fingerprint density at radius 1 is 1.54 bits per heavy atom. The fourth-order valence-corrected chi connectivity index (χ4v) is 4.13. The van der Waals surface area contributed by atoms with Gasteiger partial charge in [0, 0.05) is 9.35 Å². The molecule has 0 saturated heterocycles. The van der Waals surface area contributed by atoms with Crippen molar-refractivity contribution in [1.82, 2.24) is 0 Å². The molecule has 13 heavy (non-hydrogen) atoms. The molecule has 1 saturated carbocycles. The maximum absolute atomic E-state index is 5.77. The zero-order valence-electron chi connectivity index (χ0n) is 7.50. The lowest BCUT2D eigenvalue weighted by atomic mass is 9.95. The van der Waals surface area contributed by atoms with Crippen LogP contribution in [0.5, 0.6) is 0 Å². The Hall–Kier alpha value is 0.140. The fraction of sp³-hybridized carbons (Fsp3) is 0.600. The van der Waals surface area contributed by atoms with Gasteiger partial charge < -0.3 is 5.73 Å². The van der Waals surface area contributed by atoms with Crippen LogP contribution in [0.15, 0.2) is 15.9 Å². The molecule has 0 radical (unpaired) electrons. The molecular weight excluding hydrogens is 246 g/mol. The summed E-state index contributed by atoms with van der Waals surface area (Å²) < 4.78 is 1.28. The third kappa shape index (κ3) is 1.83. The smallest absolute Gasteiger partial charge is 0.0317 e. The van der Waals surface area contributed by atoms with Crippen LogP contribution in [0, 0.1) is 5.92 Å². The zero-order valence-corrected chi connectivity index (χ0v) is 9.90. The van der Waals surface area contributed by atoms with E-state index in [2.05, 4.69) is 27.4 Å². The molecule has 1 aliphatic rings. The molecule has 1 nitrogen and oxygen atoms in total. The summed E-state index contributed by atoms with van der Waals surface area (Å²) in [6, 6.07) is 2.14. The first-order valence-electron chi connectivity index (χ1n) is 4.76. The van der Waals surface area contributed by atoms with Gasteiger partial charge in [0.1, 0.15) is 0 Å². The Bertz CT molecular complexity index is 284. The highest BCUT2D eigenvalue weighted by Crippen LogP contribution is 2.43. The lowest BCUT2D eigenvalue weighted by molar-refractivity contribution is 0.501. The van der Waals surface area contributed by atoms with Crippen LogP contribution in [0.1, 0.15) is 30.1 Å². The zero-order chi connectivity index (χ0) is 9.26. The molecule has 0 aromatic carbocycles. The van der Waals surface area contributed by atoms with Gasteiger partial charge in [0.15, 0.2) is 0 Å². The maximum atomic E-state index is 5.77. The van der Waals surface area contributed by atoms with Gasteiger partial charge in [0.25, 0.3) is 0 Å². The van der Waals surface area contributed by atoms with Crippen molar-refractivity contribution in [3.05, 3.63) is 20.8 Å². The van der Waals surface area contributed by atoms with E-state index < -0.39 is 0 Å². The Labute approximate surface area is 91.5 Å². The summed E-state index contributed by atoms with van der Waals surface area (Å²) in [5, 5.41) is 2.16. The molecule has 2 rings (SSSR count). The predicted molar refractivity (Wildman–Crippen MR) is 61.2 cm³/mol. The largest absolute Gasteiger partial charge is 0.330 e. The summed E-state index contributed by atoms with van der Waals surface area (Å²) >= 11 is 5.47. The number of halogens is 1. The summed E-state index contributed by atoms with van der Waals surface area (Å²) in [7, 11) is 0. The molecule has 0 aliphatic heterocycles. The van der Waals surface area contributed by atoms with Crippen LogP contribution in [0.3, 0.4) is 0 Å². The number of hydrogen-bond donors (Lipinski definition) is 1. The van der Waals surface area contributed by atoms with Crippen molar-refractivity contribution in [2.75, 3.05) is 6.54 Å². The first-order valence-corrected chi connectivity index (χ1v) is 6.43. The number of hydrogen-bond acceptors (Lipinski definition) is 2. The molecule has 0 spiro atoms. The average Bonchev–Trinajstić information content (AvgIpc) is 2.71. The summed E-state index contributed by atoms with van der Waals surface area (Å²) in [6.07, 6.45) is 3.98. The van der Waals surface area contributed by atoms with Crippen LogP contribution in [0.2, 0.25) is 0 Å². The highest BCUT2D eigenvalue weighted by molar-refractivity contribution is 9.10. The Morgan fingerprint density at radius 3 is 3.00 bits per heavy atom. The third-order valence-electron chi connectivity index (χ3n) is 2.94. The van der Waals surface area contributed by atoms with Gasteiger partial charge >= 0.3 is 0 Å². The van der Waals surface area contributed by atoms with Crippen LogP contribution in [-0.2, 0) is 0 Å². The molecule has 72 valence electrons. The van der Waals surface area contributed by atoms with Gasteiger partial charge in [-0.05, 0) is 58.6 Å². The predicted octanol–water partition coefficient (Wildman–Crippen LogP) is 3.35. The van der Waals surface area contributed by atoms with Crippen molar-refractivity contribution in [1.29, 1.82) is 0 Å². The SMILES string of the molecule is NCC1CCCC1c1sccc1Br. The molecule has 1 aliphatic carbocycles. The summed E-state index contributed by atoms with van der Waals surface area (Å²) in [6.45, 7) is 0.842. The molecule has 0 amide bonds. The van der Waals surface area contributed by atoms with E-state index in [-0.39, 0.29) is 0 Å². The van der Waals surface area contributed by atoms with Crippen LogP contribution >= 0.6 is 27.3 Å². The average molecular weight is 260 g/mol. The number of thiophene rings is 1. The second-order valence-electron chi connectivity index (χ2n) is 3.67. The van der Waals surface area contributed by atoms with Gasteiger partial charge in [-0.3, -0.25) is 0 Å². The van der Waals surface area contributed by atoms with E-state index in [9.17, 15) is 0 Å². The number of nitrogens with two attached hydrogens (primary N) is 1. The molecular formula is C10H14BrNS. The molecule has 1 heterocycles. The van der Waals surface area contributed by atoms with Crippen molar-refractivity contribution in [2.24, 2.45) is 11.7 Å². The molecule has 3 heteroatoms. The van der Waals surface area contributed by atoms with Crippen LogP contribution in [0.4, 0.5) is 0 Å². The Balaban J connectivity index is 2.20. The van der Waals surface area contributed by atoms with Gasteiger partial charge in [-0.1, -0.05) is 6.42 Å². The van der Waals surface area contributed by atoms with Crippen molar-refractivity contribution in [3.8, 4) is 0 Å². The lowest BCUT2D eigenvalue weighted by Crippen LogP contribution is -2.16. The minimum absolute atomic E-state index is 0.718. The van der Waals surface area contributed by atoms with E-state index in [4.69, 9.17) is 5.73 Å². The molecule has 1 aromatic rings. The number of rotatable bonds is 2. The standard InChI is InChI=1S/C10H14BrNS/c11-9-4-5-13-10(9)8-3-1-2-7(8)6-12/h4-5,7-8H,1-3,6,12H2. The van der Waals surface area contributed by atoms with Gasteiger partial charge in [0.2, 0.25) is 0 Å². The van der Waals surface area contributed by atoms with Gasteiger partial charge in [-0.2, -0.15) is 0 Å². The molecule has 2 unspecified atom stereocenters. The quantitative estimate of drug-likeness (QED) is 0.867. The van der Waals surface area contributed by atoms with Gasteiger partial charge in [-0.15, -0.1) is 11.3 Å². The Kier molecular flexibility index (Phi) is 3.06. The van der Waals surface area contributed by atoms with E-state index >= 15 is 0 Å². The molecule has 2 atom stereocenters. The monoisotopic (exact) mass is 259 g/mol. The molecule has 1 fully saturated rings. The van der Waals surface area contributed by atoms with E-state index in [0.717, 1.165) is 18.4 Å². The second kappa shape index (κ2) is 4.11. The Morgan fingerprint density at radius 2 is 2.38 bits per heavy atom. The van der Waals surface area contributed by atoms with Crippen LogP contribution < -0.4 is 5.73 Å². The lowest BCUT2D eigenvalue weighted by Gasteiger charge is -2.16. The molecule has 2 N–H and O–H groups in total. The minimum Gasteiger partial charge on any atom is -0.330 e. The first-order chi connectivity index (χ1) is 6.33. The van der Waals surface area contributed by atoms with Crippen molar-refractivity contribution in [2.45, 2.75) is 25.2 Å². The van der Waals surface area contributed by atoms with E-state index in [1.54, 1.807) is 0 Å². The second-order valence-corrected chi connectivity index (χ2v) is 5.47. The van der Waals surface area contributed by atoms with Crippen molar-refractivity contribution >= 4 is 27.3 Å². The van der Waals surface area contributed by atoms with Crippen molar-refractivity contribution < 1.29 is 0 Å². The summed E-state index contributed by atoms with van der Waals surface area (Å²) in [5.74, 6) is 1.44. The van der Waals surface area contributed by atoms with Crippen LogP contribution in [0.25, 0.3) is 0 Å². The van der Waals surface area contributed by atoms with E-state index in [1.165, 1.54) is 28.6 Å². The summed E-state index contributed by atoms with van der Waals surface area (Å²) in [4.78, 5) is 1.51. The highest BCUT2D eigenvalue weighted by Gasteiger charge is 2.29. The van der Waals surface area contributed by atoms with E-state index in [0.29, 0.717) is 0 Å². The van der Waals surface area contributed by atoms with Gasteiger partial charge in [-0.25, -0.2) is 0 Å². The fourth-order valence-electron chi connectivity index (χ4n) is 2.23. The molecule has 1 aromatic heterocycles. The molecule has 0 bridgehead atoms. The summed E-state index contributed by atoms with van der Waals surface area (Å²) in [5.41, 5.74) is 5.77. The maximum Gasteiger partial charge on any atom is 0.0317 e.